The zero-order chi connectivity index (χ0) is 13.9. The van der Waals surface area contributed by atoms with Gasteiger partial charge in [0.25, 0.3) is 5.91 Å². The fourth-order valence-electron chi connectivity index (χ4n) is 3.13. The van der Waals surface area contributed by atoms with Crippen molar-refractivity contribution in [2.75, 3.05) is 6.61 Å². The van der Waals surface area contributed by atoms with Gasteiger partial charge in [0.15, 0.2) is 5.69 Å². The standard InChI is InChI=1S/C13H22N4O2/c1-4-13(5-2)10(7-11(13)19-6-3)15-12(18)9-8-14-17-16-9/h8,10-11H,4-7H2,1-3H3,(H,15,18)(H,14,16,17). The Morgan fingerprint density at radius 2 is 2.26 bits per heavy atom. The molecule has 1 aromatic heterocycles. The summed E-state index contributed by atoms with van der Waals surface area (Å²) >= 11 is 0. The summed E-state index contributed by atoms with van der Waals surface area (Å²) in [6.07, 6.45) is 4.55. The lowest BCUT2D eigenvalue weighted by Crippen LogP contribution is -2.64. The number of rotatable bonds is 6. The fraction of sp³-hybridized carbons (Fsp3) is 0.769. The average Bonchev–Trinajstić information content (AvgIpc) is 2.93. The molecule has 1 aromatic rings. The van der Waals surface area contributed by atoms with Crippen LogP contribution >= 0.6 is 0 Å². The molecule has 19 heavy (non-hydrogen) atoms. The van der Waals surface area contributed by atoms with E-state index in [-0.39, 0.29) is 23.5 Å². The number of nitrogens with zero attached hydrogens (tertiary/aromatic N) is 2. The minimum atomic E-state index is -0.167. The van der Waals surface area contributed by atoms with Gasteiger partial charge in [0.2, 0.25) is 0 Å². The number of amides is 1. The number of nitrogens with one attached hydrogen (secondary N) is 2. The number of ether oxygens (including phenoxy) is 1. The lowest BCUT2D eigenvalue weighted by atomic mass is 9.58. The molecule has 106 valence electrons. The Hall–Kier alpha value is -1.43. The maximum atomic E-state index is 12.0. The molecule has 1 aliphatic rings. The van der Waals surface area contributed by atoms with Crippen LogP contribution in [-0.2, 0) is 4.74 Å². The third kappa shape index (κ3) is 2.36. The summed E-state index contributed by atoms with van der Waals surface area (Å²) in [7, 11) is 0. The van der Waals surface area contributed by atoms with E-state index in [2.05, 4.69) is 34.6 Å². The summed E-state index contributed by atoms with van der Waals surface area (Å²) in [4.78, 5) is 12.0. The smallest absolute Gasteiger partial charge is 0.273 e. The quantitative estimate of drug-likeness (QED) is 0.818. The number of hydrogen-bond donors (Lipinski definition) is 2. The van der Waals surface area contributed by atoms with Gasteiger partial charge in [-0.15, -0.1) is 0 Å². The van der Waals surface area contributed by atoms with Gasteiger partial charge in [0.1, 0.15) is 0 Å². The molecule has 2 unspecified atom stereocenters. The molecule has 0 aliphatic heterocycles. The number of hydrogen-bond acceptors (Lipinski definition) is 4. The number of carbonyl (C=O) groups is 1. The first-order valence-corrected chi connectivity index (χ1v) is 6.96. The van der Waals surface area contributed by atoms with Crippen molar-refractivity contribution in [3.8, 4) is 0 Å². The van der Waals surface area contributed by atoms with Crippen molar-refractivity contribution in [3.63, 3.8) is 0 Å². The van der Waals surface area contributed by atoms with Crippen molar-refractivity contribution < 1.29 is 9.53 Å². The van der Waals surface area contributed by atoms with E-state index in [1.807, 2.05) is 6.92 Å². The highest BCUT2D eigenvalue weighted by atomic mass is 16.5. The summed E-state index contributed by atoms with van der Waals surface area (Å²) in [5.74, 6) is -0.167. The van der Waals surface area contributed by atoms with Gasteiger partial charge in [-0.3, -0.25) is 4.79 Å². The molecule has 0 saturated heterocycles. The van der Waals surface area contributed by atoms with E-state index in [4.69, 9.17) is 4.74 Å². The molecule has 0 spiro atoms. The monoisotopic (exact) mass is 266 g/mol. The van der Waals surface area contributed by atoms with Crippen molar-refractivity contribution in [2.24, 2.45) is 5.41 Å². The van der Waals surface area contributed by atoms with Crippen LogP contribution in [0.4, 0.5) is 0 Å². The predicted molar refractivity (Wildman–Crippen MR) is 70.7 cm³/mol. The van der Waals surface area contributed by atoms with Crippen molar-refractivity contribution in [1.29, 1.82) is 0 Å². The molecular weight excluding hydrogens is 244 g/mol. The van der Waals surface area contributed by atoms with Crippen LogP contribution < -0.4 is 5.32 Å². The van der Waals surface area contributed by atoms with Crippen LogP contribution in [0.3, 0.4) is 0 Å². The fourth-order valence-corrected chi connectivity index (χ4v) is 3.13. The van der Waals surface area contributed by atoms with Gasteiger partial charge < -0.3 is 10.1 Å². The summed E-state index contributed by atoms with van der Waals surface area (Å²) in [6.45, 7) is 7.04. The Labute approximate surface area is 113 Å². The highest BCUT2D eigenvalue weighted by molar-refractivity contribution is 5.92. The number of aromatic amines is 1. The SMILES string of the molecule is CCOC1CC(NC(=O)c2cn[nH]n2)C1(CC)CC. The molecule has 6 nitrogen and oxygen atoms in total. The van der Waals surface area contributed by atoms with Gasteiger partial charge in [0, 0.05) is 18.1 Å². The molecule has 6 heteroatoms. The van der Waals surface area contributed by atoms with Gasteiger partial charge in [-0.05, 0) is 26.2 Å². The Kier molecular flexibility index (Phi) is 4.19. The van der Waals surface area contributed by atoms with Crippen LogP contribution in [0.5, 0.6) is 0 Å². The van der Waals surface area contributed by atoms with Crippen molar-refractivity contribution in [3.05, 3.63) is 11.9 Å². The van der Waals surface area contributed by atoms with Crippen LogP contribution in [0.2, 0.25) is 0 Å². The number of carbonyl (C=O) groups excluding carboxylic acids is 1. The maximum absolute atomic E-state index is 12.0. The van der Waals surface area contributed by atoms with Gasteiger partial charge in [-0.1, -0.05) is 13.8 Å². The van der Waals surface area contributed by atoms with Gasteiger partial charge in [-0.25, -0.2) is 0 Å². The zero-order valence-corrected chi connectivity index (χ0v) is 11.8. The molecule has 0 bridgehead atoms. The molecule has 1 aliphatic carbocycles. The first-order valence-electron chi connectivity index (χ1n) is 6.96. The summed E-state index contributed by atoms with van der Waals surface area (Å²) < 4.78 is 5.79. The predicted octanol–water partition coefficient (Wildman–Crippen LogP) is 1.52. The molecule has 0 radical (unpaired) electrons. The third-order valence-corrected chi connectivity index (χ3v) is 4.42. The van der Waals surface area contributed by atoms with Crippen LogP contribution in [0.25, 0.3) is 0 Å². The normalized spacial score (nSPS) is 24.8. The Bertz CT molecular complexity index is 414. The molecule has 1 saturated carbocycles. The molecule has 2 rings (SSSR count). The molecule has 0 aromatic carbocycles. The van der Waals surface area contributed by atoms with E-state index >= 15 is 0 Å². The largest absolute Gasteiger partial charge is 0.378 e. The van der Waals surface area contributed by atoms with Crippen molar-refractivity contribution >= 4 is 5.91 Å². The van der Waals surface area contributed by atoms with E-state index in [9.17, 15) is 4.79 Å². The lowest BCUT2D eigenvalue weighted by molar-refractivity contribution is -0.134. The summed E-state index contributed by atoms with van der Waals surface area (Å²) in [5.41, 5.74) is 0.385. The second-order valence-electron chi connectivity index (χ2n) is 5.00. The number of aromatic nitrogens is 3. The zero-order valence-electron chi connectivity index (χ0n) is 11.8. The van der Waals surface area contributed by atoms with Crippen molar-refractivity contribution in [2.45, 2.75) is 52.2 Å². The Morgan fingerprint density at radius 1 is 1.53 bits per heavy atom. The van der Waals surface area contributed by atoms with Crippen molar-refractivity contribution in [1.82, 2.24) is 20.7 Å². The Balaban J connectivity index is 2.03. The van der Waals surface area contributed by atoms with E-state index < -0.39 is 0 Å². The molecule has 2 atom stereocenters. The average molecular weight is 266 g/mol. The van der Waals surface area contributed by atoms with Crippen LogP contribution in [-0.4, -0.2) is 40.1 Å². The molecular formula is C13H22N4O2. The van der Waals surface area contributed by atoms with E-state index in [0.29, 0.717) is 5.69 Å². The molecule has 1 fully saturated rings. The highest BCUT2D eigenvalue weighted by Gasteiger charge is 2.53. The first kappa shape index (κ1) is 14.0. The first-order chi connectivity index (χ1) is 9.17. The minimum Gasteiger partial charge on any atom is -0.378 e. The third-order valence-electron chi connectivity index (χ3n) is 4.42. The van der Waals surface area contributed by atoms with Gasteiger partial charge in [0.05, 0.1) is 12.3 Å². The second kappa shape index (κ2) is 5.69. The lowest BCUT2D eigenvalue weighted by Gasteiger charge is -2.55. The summed E-state index contributed by atoms with van der Waals surface area (Å²) in [6, 6.07) is 0.156. The van der Waals surface area contributed by atoms with E-state index in [1.165, 1.54) is 6.20 Å². The van der Waals surface area contributed by atoms with Crippen LogP contribution in [0.1, 0.15) is 50.5 Å². The molecule has 1 amide bonds. The van der Waals surface area contributed by atoms with Gasteiger partial charge >= 0.3 is 0 Å². The van der Waals surface area contributed by atoms with Crippen LogP contribution in [0.15, 0.2) is 6.20 Å². The Morgan fingerprint density at radius 3 is 2.79 bits per heavy atom. The van der Waals surface area contributed by atoms with E-state index in [0.717, 1.165) is 25.9 Å². The highest BCUT2D eigenvalue weighted by Crippen LogP contribution is 2.48. The second-order valence-corrected chi connectivity index (χ2v) is 5.00. The number of H-pyrrole nitrogens is 1. The molecule has 1 heterocycles. The summed E-state index contributed by atoms with van der Waals surface area (Å²) in [5, 5.41) is 13.0. The van der Waals surface area contributed by atoms with E-state index in [1.54, 1.807) is 0 Å². The maximum Gasteiger partial charge on any atom is 0.273 e. The minimum absolute atomic E-state index is 0.0510. The van der Waals surface area contributed by atoms with Gasteiger partial charge in [-0.2, -0.15) is 15.4 Å². The molecule has 2 N–H and O–H groups in total. The topological polar surface area (TPSA) is 79.9 Å². The van der Waals surface area contributed by atoms with Crippen LogP contribution in [0, 0.1) is 5.41 Å².